The zero-order valence-corrected chi connectivity index (χ0v) is 28.6. The molecule has 11 heteroatoms. The number of halogens is 2. The lowest BCUT2D eigenvalue weighted by Gasteiger charge is -2.46. The molecule has 0 radical (unpaired) electrons. The molecular formula is C34H48ClFN8O. The summed E-state index contributed by atoms with van der Waals surface area (Å²) in [7, 11) is 3.77. The van der Waals surface area contributed by atoms with E-state index in [0.717, 1.165) is 49.8 Å². The molecule has 2 aliphatic heterocycles. The largest absolute Gasteiger partial charge is 0.496 e. The Morgan fingerprint density at radius 3 is 2.20 bits per heavy atom. The second-order valence-corrected chi connectivity index (χ2v) is 13.6. The van der Waals surface area contributed by atoms with Gasteiger partial charge in [-0.15, -0.1) is 0 Å². The lowest BCUT2D eigenvalue weighted by Crippen LogP contribution is -2.57. The first-order valence-electron chi connectivity index (χ1n) is 15.9. The summed E-state index contributed by atoms with van der Waals surface area (Å²) in [4.78, 5) is 17.9. The molecule has 0 saturated carbocycles. The molecular weight excluding hydrogens is 591 g/mol. The van der Waals surface area contributed by atoms with Gasteiger partial charge in [0.25, 0.3) is 0 Å². The topological polar surface area (TPSA) is 86.0 Å². The minimum Gasteiger partial charge on any atom is -0.496 e. The zero-order chi connectivity index (χ0) is 32.6. The number of hydrogen-bond acceptors (Lipinski definition) is 9. The third-order valence-electron chi connectivity index (χ3n) is 9.39. The van der Waals surface area contributed by atoms with Crippen molar-refractivity contribution in [3.8, 4) is 16.9 Å². The third kappa shape index (κ3) is 6.93. The van der Waals surface area contributed by atoms with Crippen LogP contribution in [0.2, 0.25) is 5.15 Å². The quantitative estimate of drug-likeness (QED) is 0.274. The van der Waals surface area contributed by atoms with Gasteiger partial charge < -0.3 is 25.6 Å². The van der Waals surface area contributed by atoms with Gasteiger partial charge in [-0.1, -0.05) is 25.4 Å². The Hall–Kier alpha value is -3.34. The predicted octanol–water partition coefficient (Wildman–Crippen LogP) is 6.35. The van der Waals surface area contributed by atoms with Crippen molar-refractivity contribution >= 4 is 40.2 Å². The SMILES string of the molecule is COc1cc(N2C[C@H](C)N(CC(C)C)[C@@H](C)C2)c(Nc2ncnc(Cl)c2N)cc1-c1ccc(N2C[C@@H](C)N(C)[C@@H](C)C2)cc1F. The summed E-state index contributed by atoms with van der Waals surface area (Å²) in [6.07, 6.45) is 1.37. The molecule has 2 saturated heterocycles. The van der Waals surface area contributed by atoms with Gasteiger partial charge >= 0.3 is 0 Å². The minimum atomic E-state index is -0.308. The highest BCUT2D eigenvalue weighted by Gasteiger charge is 2.32. The molecule has 1 aromatic heterocycles. The number of likely N-dealkylation sites (N-methyl/N-ethyl adjacent to an activating group) is 1. The number of nitrogens with two attached hydrogens (primary N) is 1. The molecule has 4 atom stereocenters. The van der Waals surface area contributed by atoms with Crippen LogP contribution >= 0.6 is 11.6 Å². The highest BCUT2D eigenvalue weighted by atomic mass is 35.5. The molecule has 0 spiro atoms. The van der Waals surface area contributed by atoms with Crippen molar-refractivity contribution in [2.75, 3.05) is 67.7 Å². The number of rotatable bonds is 8. The standard InChI is InChI=1S/C34H48ClFN8O/c1-20(2)14-44-23(5)17-43(18-24(44)6)30-13-31(45-8)27(12-29(30)40-34-32(37)33(35)38-19-39-34)26-10-9-25(11-28(26)36)42-15-21(3)41(7)22(4)16-42/h9-13,19-24H,14-18,37H2,1-8H3,(H,38,39,40)/t21-,22+,23-,24-/m0/s1. The fourth-order valence-electron chi connectivity index (χ4n) is 6.78. The molecule has 45 heavy (non-hydrogen) atoms. The van der Waals surface area contributed by atoms with Crippen molar-refractivity contribution in [1.82, 2.24) is 19.8 Å². The highest BCUT2D eigenvalue weighted by molar-refractivity contribution is 6.32. The number of anilines is 5. The van der Waals surface area contributed by atoms with Gasteiger partial charge in [-0.2, -0.15) is 0 Å². The molecule has 0 aliphatic carbocycles. The van der Waals surface area contributed by atoms with Crippen LogP contribution in [0.25, 0.3) is 11.1 Å². The van der Waals surface area contributed by atoms with Gasteiger partial charge in [0, 0.05) is 79.8 Å². The Morgan fingerprint density at radius 1 is 0.956 bits per heavy atom. The van der Waals surface area contributed by atoms with Gasteiger partial charge in [-0.05, 0) is 64.9 Å². The van der Waals surface area contributed by atoms with Crippen LogP contribution in [0.3, 0.4) is 0 Å². The summed E-state index contributed by atoms with van der Waals surface area (Å²) in [6, 6.07) is 10.8. The number of nitrogens with one attached hydrogen (secondary N) is 1. The van der Waals surface area contributed by atoms with Crippen LogP contribution in [0, 0.1) is 11.7 Å². The lowest BCUT2D eigenvalue weighted by atomic mass is 9.99. The molecule has 9 nitrogen and oxygen atoms in total. The summed E-state index contributed by atoms with van der Waals surface area (Å²) in [5, 5.41) is 3.57. The molecule has 0 unspecified atom stereocenters. The number of nitrogen functional groups attached to an aromatic ring is 1. The Kier molecular flexibility index (Phi) is 9.96. The predicted molar refractivity (Wildman–Crippen MR) is 185 cm³/mol. The molecule has 2 fully saturated rings. The van der Waals surface area contributed by atoms with Crippen LogP contribution in [0.15, 0.2) is 36.7 Å². The van der Waals surface area contributed by atoms with E-state index in [9.17, 15) is 0 Å². The summed E-state index contributed by atoms with van der Waals surface area (Å²) < 4.78 is 22.0. The molecule has 0 amide bonds. The van der Waals surface area contributed by atoms with Gasteiger partial charge in [0.1, 0.15) is 23.6 Å². The Balaban J connectivity index is 1.55. The van der Waals surface area contributed by atoms with Gasteiger partial charge in [0.15, 0.2) is 11.0 Å². The number of piperazine rings is 2. The van der Waals surface area contributed by atoms with E-state index >= 15 is 4.39 Å². The van der Waals surface area contributed by atoms with Crippen molar-refractivity contribution in [3.05, 3.63) is 47.6 Å². The van der Waals surface area contributed by atoms with E-state index in [1.54, 1.807) is 13.2 Å². The molecule has 244 valence electrons. The van der Waals surface area contributed by atoms with E-state index in [0.29, 0.717) is 52.8 Å². The molecule has 3 N–H and O–H groups in total. The fraction of sp³-hybridized carbons (Fsp3) is 0.529. The van der Waals surface area contributed by atoms with Crippen LogP contribution in [-0.4, -0.2) is 90.8 Å². The number of nitrogens with zero attached hydrogens (tertiary/aromatic N) is 6. The average molecular weight is 639 g/mol. The number of benzene rings is 2. The van der Waals surface area contributed by atoms with E-state index in [1.165, 1.54) is 6.33 Å². The van der Waals surface area contributed by atoms with E-state index in [1.807, 2.05) is 24.3 Å². The van der Waals surface area contributed by atoms with Crippen LogP contribution in [0.4, 0.5) is 33.0 Å². The summed E-state index contributed by atoms with van der Waals surface area (Å²) in [5.74, 6) is 1.24. The maximum absolute atomic E-state index is 16.1. The van der Waals surface area contributed by atoms with Crippen molar-refractivity contribution in [2.24, 2.45) is 5.92 Å². The van der Waals surface area contributed by atoms with Crippen molar-refractivity contribution in [1.29, 1.82) is 0 Å². The number of methoxy groups -OCH3 is 1. The first kappa shape index (κ1) is 33.0. The maximum atomic E-state index is 16.1. The Labute approximate surface area is 272 Å². The van der Waals surface area contributed by atoms with Crippen LogP contribution in [0.5, 0.6) is 5.75 Å². The molecule has 2 aromatic carbocycles. The maximum Gasteiger partial charge on any atom is 0.158 e. The number of aromatic nitrogens is 2. The van der Waals surface area contributed by atoms with Crippen LogP contribution < -0.4 is 25.6 Å². The number of ether oxygens (including phenoxy) is 1. The van der Waals surface area contributed by atoms with E-state index in [4.69, 9.17) is 22.1 Å². The minimum absolute atomic E-state index is 0.168. The smallest absolute Gasteiger partial charge is 0.158 e. The number of hydrogen-bond donors (Lipinski definition) is 2. The second-order valence-electron chi connectivity index (χ2n) is 13.2. The highest BCUT2D eigenvalue weighted by Crippen LogP contribution is 2.43. The van der Waals surface area contributed by atoms with E-state index < -0.39 is 0 Å². The molecule has 0 bridgehead atoms. The lowest BCUT2D eigenvalue weighted by molar-refractivity contribution is 0.116. The van der Waals surface area contributed by atoms with Crippen molar-refractivity contribution < 1.29 is 9.13 Å². The average Bonchev–Trinajstić information content (AvgIpc) is 2.99. The zero-order valence-electron chi connectivity index (χ0n) is 27.8. The van der Waals surface area contributed by atoms with Crippen molar-refractivity contribution in [2.45, 2.75) is 65.7 Å². The summed E-state index contributed by atoms with van der Waals surface area (Å²) >= 11 is 6.26. The van der Waals surface area contributed by atoms with Gasteiger partial charge in [0.05, 0.1) is 18.5 Å². The third-order valence-corrected chi connectivity index (χ3v) is 9.69. The first-order valence-corrected chi connectivity index (χ1v) is 16.3. The van der Waals surface area contributed by atoms with Crippen molar-refractivity contribution in [3.63, 3.8) is 0 Å². The molecule has 2 aliphatic rings. The summed E-state index contributed by atoms with van der Waals surface area (Å²) in [5.41, 5.74) is 10.1. The Morgan fingerprint density at radius 2 is 1.60 bits per heavy atom. The Bertz CT molecular complexity index is 1480. The normalized spacial score (nSPS) is 23.1. The first-order chi connectivity index (χ1) is 21.4. The van der Waals surface area contributed by atoms with Gasteiger partial charge in [0.2, 0.25) is 0 Å². The molecule has 3 aromatic rings. The van der Waals surface area contributed by atoms with E-state index in [-0.39, 0.29) is 16.7 Å². The van der Waals surface area contributed by atoms with Crippen LogP contribution in [0.1, 0.15) is 41.5 Å². The molecule has 5 rings (SSSR count). The molecule has 3 heterocycles. The second kappa shape index (κ2) is 13.6. The summed E-state index contributed by atoms with van der Waals surface area (Å²) in [6.45, 7) is 17.8. The van der Waals surface area contributed by atoms with Gasteiger partial charge in [-0.25, -0.2) is 14.4 Å². The fourth-order valence-corrected chi connectivity index (χ4v) is 6.91. The van der Waals surface area contributed by atoms with Gasteiger partial charge in [-0.3, -0.25) is 9.80 Å². The van der Waals surface area contributed by atoms with E-state index in [2.05, 4.69) is 83.5 Å². The monoisotopic (exact) mass is 638 g/mol. The van der Waals surface area contributed by atoms with Crippen LogP contribution in [-0.2, 0) is 0 Å².